The van der Waals surface area contributed by atoms with Crippen LogP contribution in [0.3, 0.4) is 0 Å². The van der Waals surface area contributed by atoms with Gasteiger partial charge < -0.3 is 10.5 Å². The summed E-state index contributed by atoms with van der Waals surface area (Å²) in [5.41, 5.74) is 6.68. The first-order valence-corrected chi connectivity index (χ1v) is 5.30. The molecule has 0 aliphatic carbocycles. The van der Waals surface area contributed by atoms with Crippen molar-refractivity contribution >= 4 is 12.4 Å². The lowest BCUT2D eigenvalue weighted by atomic mass is 10.1. The van der Waals surface area contributed by atoms with Crippen molar-refractivity contribution in [3.8, 4) is 5.75 Å². The molecule has 1 atom stereocenters. The molecular weight excluding hydrogens is 229 g/mol. The van der Waals surface area contributed by atoms with E-state index < -0.39 is 0 Å². The molecule has 0 aliphatic heterocycles. The summed E-state index contributed by atoms with van der Waals surface area (Å²) in [7, 11) is 0. The molecule has 1 aromatic carbocycles. The Bertz CT molecular complexity index is 318. The summed E-state index contributed by atoms with van der Waals surface area (Å²) in [4.78, 5) is 0. The minimum absolute atomic E-state index is 0. The zero-order chi connectivity index (χ0) is 11.3. The van der Waals surface area contributed by atoms with Crippen molar-refractivity contribution in [3.63, 3.8) is 0 Å². The molecule has 1 aromatic rings. The van der Waals surface area contributed by atoms with Crippen molar-refractivity contribution in [1.82, 2.24) is 0 Å². The van der Waals surface area contributed by atoms with Crippen LogP contribution in [0.4, 0.5) is 4.39 Å². The lowest BCUT2D eigenvalue weighted by molar-refractivity contribution is 0.312. The number of hydrogen-bond donors (Lipinski definition) is 1. The van der Waals surface area contributed by atoms with Crippen LogP contribution >= 0.6 is 12.4 Å². The number of benzene rings is 1. The summed E-state index contributed by atoms with van der Waals surface area (Å²) < 4.78 is 18.5. The van der Waals surface area contributed by atoms with E-state index in [4.69, 9.17) is 10.5 Å². The molecule has 1 unspecified atom stereocenters. The standard InChI is InChI=1S/C12H18FNO.ClH/c1-3-6-15-12-8-11(13)5-4-10(12)7-9(2)14;/h4-5,8-9H,3,6-7,14H2,1-2H3;1H. The molecule has 0 fully saturated rings. The van der Waals surface area contributed by atoms with E-state index >= 15 is 0 Å². The van der Waals surface area contributed by atoms with Gasteiger partial charge in [-0.25, -0.2) is 4.39 Å². The Morgan fingerprint density at radius 2 is 2.12 bits per heavy atom. The Kier molecular flexibility index (Phi) is 7.10. The van der Waals surface area contributed by atoms with Crippen molar-refractivity contribution in [3.05, 3.63) is 29.6 Å². The average molecular weight is 248 g/mol. The van der Waals surface area contributed by atoms with Crippen LogP contribution < -0.4 is 10.5 Å². The molecule has 2 N–H and O–H groups in total. The SMILES string of the molecule is CCCOc1cc(F)ccc1CC(C)N.Cl. The van der Waals surface area contributed by atoms with Gasteiger partial charge in [-0.2, -0.15) is 0 Å². The molecule has 0 heterocycles. The number of ether oxygens (including phenoxy) is 1. The minimum atomic E-state index is -0.269. The first-order chi connectivity index (χ1) is 7.13. The summed E-state index contributed by atoms with van der Waals surface area (Å²) in [6.07, 6.45) is 1.62. The van der Waals surface area contributed by atoms with Gasteiger partial charge in [-0.15, -0.1) is 12.4 Å². The maximum Gasteiger partial charge on any atom is 0.126 e. The van der Waals surface area contributed by atoms with Crippen LogP contribution in [0, 0.1) is 5.82 Å². The Morgan fingerprint density at radius 1 is 1.44 bits per heavy atom. The maximum absolute atomic E-state index is 13.0. The van der Waals surface area contributed by atoms with Crippen LogP contribution in [-0.4, -0.2) is 12.6 Å². The van der Waals surface area contributed by atoms with Gasteiger partial charge in [0.25, 0.3) is 0 Å². The molecule has 0 aliphatic rings. The Labute approximate surface area is 102 Å². The molecule has 0 amide bonds. The summed E-state index contributed by atoms with van der Waals surface area (Å²) in [6, 6.07) is 4.66. The van der Waals surface area contributed by atoms with Gasteiger partial charge in [-0.1, -0.05) is 13.0 Å². The van der Waals surface area contributed by atoms with Gasteiger partial charge in [-0.05, 0) is 31.4 Å². The molecular formula is C12H19ClFNO. The van der Waals surface area contributed by atoms with E-state index in [9.17, 15) is 4.39 Å². The highest BCUT2D eigenvalue weighted by atomic mass is 35.5. The highest BCUT2D eigenvalue weighted by Gasteiger charge is 2.07. The van der Waals surface area contributed by atoms with Gasteiger partial charge in [0.15, 0.2) is 0 Å². The third-order valence-corrected chi connectivity index (χ3v) is 2.03. The fraction of sp³-hybridized carbons (Fsp3) is 0.500. The normalized spacial score (nSPS) is 11.8. The Morgan fingerprint density at radius 3 is 2.69 bits per heavy atom. The first kappa shape index (κ1) is 15.2. The van der Waals surface area contributed by atoms with Gasteiger partial charge >= 0.3 is 0 Å². The molecule has 0 saturated heterocycles. The quantitative estimate of drug-likeness (QED) is 0.868. The van der Waals surface area contributed by atoms with E-state index in [1.54, 1.807) is 6.07 Å². The molecule has 92 valence electrons. The van der Waals surface area contributed by atoms with E-state index in [1.807, 2.05) is 13.8 Å². The molecule has 0 radical (unpaired) electrons. The molecule has 0 saturated carbocycles. The summed E-state index contributed by atoms with van der Waals surface area (Å²) in [6.45, 7) is 4.55. The van der Waals surface area contributed by atoms with Crippen molar-refractivity contribution in [2.24, 2.45) is 5.73 Å². The predicted octanol–water partition coefficient (Wildman–Crippen LogP) is 2.93. The van der Waals surface area contributed by atoms with E-state index in [0.717, 1.165) is 12.0 Å². The highest BCUT2D eigenvalue weighted by Crippen LogP contribution is 2.21. The van der Waals surface area contributed by atoms with E-state index in [0.29, 0.717) is 18.8 Å². The second kappa shape index (κ2) is 7.47. The molecule has 16 heavy (non-hydrogen) atoms. The van der Waals surface area contributed by atoms with Gasteiger partial charge in [0, 0.05) is 12.1 Å². The summed E-state index contributed by atoms with van der Waals surface area (Å²) in [5.74, 6) is 0.351. The summed E-state index contributed by atoms with van der Waals surface area (Å²) in [5, 5.41) is 0. The second-order valence-corrected chi connectivity index (χ2v) is 3.78. The summed E-state index contributed by atoms with van der Waals surface area (Å²) >= 11 is 0. The molecule has 1 rings (SSSR count). The zero-order valence-corrected chi connectivity index (χ0v) is 10.5. The number of nitrogens with two attached hydrogens (primary N) is 1. The van der Waals surface area contributed by atoms with Crippen LogP contribution in [0.1, 0.15) is 25.8 Å². The third-order valence-electron chi connectivity index (χ3n) is 2.03. The van der Waals surface area contributed by atoms with Gasteiger partial charge in [-0.3, -0.25) is 0 Å². The lowest BCUT2D eigenvalue weighted by Gasteiger charge is -2.12. The number of halogens is 2. The van der Waals surface area contributed by atoms with Gasteiger partial charge in [0.1, 0.15) is 11.6 Å². The third kappa shape index (κ3) is 4.81. The van der Waals surface area contributed by atoms with Crippen molar-refractivity contribution in [1.29, 1.82) is 0 Å². The van der Waals surface area contributed by atoms with E-state index in [1.165, 1.54) is 12.1 Å². The van der Waals surface area contributed by atoms with Crippen molar-refractivity contribution in [2.45, 2.75) is 32.7 Å². The molecule has 0 spiro atoms. The monoisotopic (exact) mass is 247 g/mol. The van der Waals surface area contributed by atoms with Crippen LogP contribution in [0.2, 0.25) is 0 Å². The fourth-order valence-corrected chi connectivity index (χ4v) is 1.39. The molecule has 0 aromatic heterocycles. The average Bonchev–Trinajstić information content (AvgIpc) is 2.18. The van der Waals surface area contributed by atoms with Crippen LogP contribution in [0.25, 0.3) is 0 Å². The zero-order valence-electron chi connectivity index (χ0n) is 9.70. The molecule has 4 heteroatoms. The second-order valence-electron chi connectivity index (χ2n) is 3.78. The van der Waals surface area contributed by atoms with Crippen LogP contribution in [-0.2, 0) is 6.42 Å². The highest BCUT2D eigenvalue weighted by molar-refractivity contribution is 5.85. The van der Waals surface area contributed by atoms with E-state index in [-0.39, 0.29) is 24.3 Å². The van der Waals surface area contributed by atoms with Gasteiger partial charge in [0.2, 0.25) is 0 Å². The Balaban J connectivity index is 0.00000225. The van der Waals surface area contributed by atoms with Crippen molar-refractivity contribution < 1.29 is 9.13 Å². The van der Waals surface area contributed by atoms with Crippen LogP contribution in [0.15, 0.2) is 18.2 Å². The maximum atomic E-state index is 13.0. The fourth-order valence-electron chi connectivity index (χ4n) is 1.39. The van der Waals surface area contributed by atoms with Gasteiger partial charge in [0.05, 0.1) is 6.61 Å². The minimum Gasteiger partial charge on any atom is -0.493 e. The first-order valence-electron chi connectivity index (χ1n) is 5.30. The topological polar surface area (TPSA) is 35.2 Å². The predicted molar refractivity (Wildman–Crippen MR) is 66.8 cm³/mol. The smallest absolute Gasteiger partial charge is 0.126 e. The molecule has 0 bridgehead atoms. The molecule has 2 nitrogen and oxygen atoms in total. The lowest BCUT2D eigenvalue weighted by Crippen LogP contribution is -2.18. The Hall–Kier alpha value is -0.800. The van der Waals surface area contributed by atoms with Crippen LogP contribution in [0.5, 0.6) is 5.75 Å². The number of rotatable bonds is 5. The largest absolute Gasteiger partial charge is 0.493 e. The van der Waals surface area contributed by atoms with E-state index in [2.05, 4.69) is 0 Å². The van der Waals surface area contributed by atoms with Crippen molar-refractivity contribution in [2.75, 3.05) is 6.61 Å². The number of hydrogen-bond acceptors (Lipinski definition) is 2.